The number of carbonyl (C=O) groups excluding carboxylic acids is 1. The molecular weight excluding hydrogens is 280 g/mol. The molecular formula is C17H22N2O3. The molecule has 0 atom stereocenters. The Hall–Kier alpha value is -2.14. The van der Waals surface area contributed by atoms with Gasteiger partial charge < -0.3 is 15.4 Å². The monoisotopic (exact) mass is 302 g/mol. The van der Waals surface area contributed by atoms with E-state index in [1.54, 1.807) is 6.07 Å². The Kier molecular flexibility index (Phi) is 4.98. The number of aliphatic hydroxyl groups is 1. The number of hydrogen-bond acceptors (Lipinski definition) is 3. The molecule has 0 fully saturated rings. The number of amides is 1. The van der Waals surface area contributed by atoms with Crippen molar-refractivity contribution < 1.29 is 9.90 Å². The number of pyridine rings is 1. The number of aromatic nitrogens is 1. The summed E-state index contributed by atoms with van der Waals surface area (Å²) < 4.78 is 0. The lowest BCUT2D eigenvalue weighted by molar-refractivity contribution is -0.120. The highest BCUT2D eigenvalue weighted by Gasteiger charge is 2.18. The molecule has 0 aliphatic carbocycles. The van der Waals surface area contributed by atoms with Crippen LogP contribution >= 0.6 is 0 Å². The van der Waals surface area contributed by atoms with Crippen molar-refractivity contribution in [2.45, 2.75) is 26.7 Å². The van der Waals surface area contributed by atoms with E-state index in [2.05, 4.69) is 10.3 Å². The van der Waals surface area contributed by atoms with Crippen LogP contribution < -0.4 is 10.9 Å². The number of rotatable bonds is 6. The van der Waals surface area contributed by atoms with Crippen molar-refractivity contribution in [2.75, 3.05) is 13.2 Å². The third-order valence-corrected chi connectivity index (χ3v) is 3.73. The molecule has 0 saturated carbocycles. The molecule has 0 aliphatic heterocycles. The van der Waals surface area contributed by atoms with Crippen molar-refractivity contribution in [1.82, 2.24) is 10.3 Å². The number of carbonyl (C=O) groups is 1. The summed E-state index contributed by atoms with van der Waals surface area (Å²) in [4.78, 5) is 26.8. The molecule has 1 amide bonds. The molecule has 5 nitrogen and oxygen atoms in total. The first kappa shape index (κ1) is 16.2. The summed E-state index contributed by atoms with van der Waals surface area (Å²) in [6.45, 7) is 4.52. The Morgan fingerprint density at radius 3 is 2.77 bits per heavy atom. The predicted molar refractivity (Wildman–Crippen MR) is 86.8 cm³/mol. The van der Waals surface area contributed by atoms with Crippen LogP contribution in [0.25, 0.3) is 10.9 Å². The van der Waals surface area contributed by atoms with Crippen molar-refractivity contribution >= 4 is 16.8 Å². The van der Waals surface area contributed by atoms with Crippen LogP contribution in [-0.2, 0) is 11.2 Å². The van der Waals surface area contributed by atoms with Crippen LogP contribution in [0.1, 0.15) is 25.8 Å². The Bertz CT molecular complexity index is 719. The Balaban J connectivity index is 2.06. The van der Waals surface area contributed by atoms with E-state index < -0.39 is 0 Å². The number of para-hydroxylation sites is 1. The fraction of sp³-hybridized carbons (Fsp3) is 0.412. The molecule has 0 bridgehead atoms. The minimum atomic E-state index is -0.233. The Morgan fingerprint density at radius 1 is 1.32 bits per heavy atom. The van der Waals surface area contributed by atoms with Crippen LogP contribution in [0.5, 0.6) is 0 Å². The quantitative estimate of drug-likeness (QED) is 0.758. The van der Waals surface area contributed by atoms with Gasteiger partial charge in [0.25, 0.3) is 5.56 Å². The lowest BCUT2D eigenvalue weighted by Crippen LogP contribution is -2.36. The van der Waals surface area contributed by atoms with Crippen LogP contribution in [0.3, 0.4) is 0 Å². The standard InChI is InChI=1S/C17H22N2O3/c1-17(2,7-8-20)11-18-15(21)10-13-9-12-5-3-4-6-14(12)19-16(13)22/h3-6,9,20H,7-8,10-11H2,1-2H3,(H,18,21)(H,19,22). The molecule has 2 aromatic rings. The first-order chi connectivity index (χ1) is 10.4. The summed E-state index contributed by atoms with van der Waals surface area (Å²) in [6.07, 6.45) is 0.666. The molecule has 1 aromatic heterocycles. The highest BCUT2D eigenvalue weighted by Crippen LogP contribution is 2.18. The number of aromatic amines is 1. The lowest BCUT2D eigenvalue weighted by atomic mass is 9.89. The van der Waals surface area contributed by atoms with Gasteiger partial charge in [0, 0.05) is 24.2 Å². The summed E-state index contributed by atoms with van der Waals surface area (Å²) in [5.74, 6) is -0.188. The Labute approximate surface area is 129 Å². The third kappa shape index (κ3) is 4.18. The molecule has 2 rings (SSSR count). The van der Waals surface area contributed by atoms with Crippen LogP contribution in [0, 0.1) is 5.41 Å². The molecule has 118 valence electrons. The van der Waals surface area contributed by atoms with E-state index in [-0.39, 0.29) is 29.9 Å². The number of nitrogens with one attached hydrogen (secondary N) is 2. The third-order valence-electron chi connectivity index (χ3n) is 3.73. The first-order valence-electron chi connectivity index (χ1n) is 7.40. The van der Waals surface area contributed by atoms with Crippen LogP contribution in [0.4, 0.5) is 0 Å². The molecule has 0 spiro atoms. The van der Waals surface area contributed by atoms with E-state index >= 15 is 0 Å². The van der Waals surface area contributed by atoms with Gasteiger partial charge >= 0.3 is 0 Å². The highest BCUT2D eigenvalue weighted by molar-refractivity contribution is 5.82. The van der Waals surface area contributed by atoms with Crippen molar-refractivity contribution in [1.29, 1.82) is 0 Å². The van der Waals surface area contributed by atoms with Gasteiger partial charge in [0.1, 0.15) is 0 Å². The topological polar surface area (TPSA) is 82.2 Å². The largest absolute Gasteiger partial charge is 0.396 e. The predicted octanol–water partition coefficient (Wildman–Crippen LogP) is 1.60. The zero-order valence-electron chi connectivity index (χ0n) is 13.0. The van der Waals surface area contributed by atoms with Gasteiger partial charge in [-0.1, -0.05) is 32.0 Å². The normalized spacial score (nSPS) is 11.6. The summed E-state index contributed by atoms with van der Waals surface area (Å²) in [5.41, 5.74) is 0.820. The van der Waals surface area contributed by atoms with Gasteiger partial charge in [0.15, 0.2) is 0 Å². The minimum absolute atomic E-state index is 0.0510. The van der Waals surface area contributed by atoms with Crippen molar-refractivity contribution in [3.8, 4) is 0 Å². The van der Waals surface area contributed by atoms with Crippen LogP contribution in [0.2, 0.25) is 0 Å². The zero-order valence-corrected chi connectivity index (χ0v) is 13.0. The molecule has 5 heteroatoms. The number of aliphatic hydroxyl groups excluding tert-OH is 1. The van der Waals surface area contributed by atoms with E-state index in [4.69, 9.17) is 5.11 Å². The van der Waals surface area contributed by atoms with Gasteiger partial charge in [-0.05, 0) is 29.4 Å². The van der Waals surface area contributed by atoms with Gasteiger partial charge in [-0.3, -0.25) is 9.59 Å². The van der Waals surface area contributed by atoms with E-state index in [0.29, 0.717) is 18.5 Å². The van der Waals surface area contributed by atoms with Gasteiger partial charge in [0.05, 0.1) is 6.42 Å². The van der Waals surface area contributed by atoms with E-state index in [1.165, 1.54) is 0 Å². The number of H-pyrrole nitrogens is 1. The number of benzene rings is 1. The summed E-state index contributed by atoms with van der Waals surface area (Å²) >= 11 is 0. The fourth-order valence-corrected chi connectivity index (χ4v) is 2.29. The second-order valence-electron chi connectivity index (χ2n) is 6.30. The smallest absolute Gasteiger partial charge is 0.252 e. The highest BCUT2D eigenvalue weighted by atomic mass is 16.3. The van der Waals surface area contributed by atoms with Crippen molar-refractivity contribution in [2.24, 2.45) is 5.41 Å². The van der Waals surface area contributed by atoms with Gasteiger partial charge in [-0.2, -0.15) is 0 Å². The van der Waals surface area contributed by atoms with Crippen molar-refractivity contribution in [3.63, 3.8) is 0 Å². The fourth-order valence-electron chi connectivity index (χ4n) is 2.29. The molecule has 3 N–H and O–H groups in total. The average molecular weight is 302 g/mol. The maximum Gasteiger partial charge on any atom is 0.252 e. The van der Waals surface area contributed by atoms with Crippen molar-refractivity contribution in [3.05, 3.63) is 46.2 Å². The molecule has 1 heterocycles. The Morgan fingerprint density at radius 2 is 2.05 bits per heavy atom. The summed E-state index contributed by atoms with van der Waals surface area (Å²) in [6, 6.07) is 9.23. The van der Waals surface area contributed by atoms with Crippen LogP contribution in [0.15, 0.2) is 35.1 Å². The summed E-state index contributed by atoms with van der Waals surface area (Å²) in [5, 5.41) is 12.7. The van der Waals surface area contributed by atoms with Gasteiger partial charge in [-0.25, -0.2) is 0 Å². The average Bonchev–Trinajstić information content (AvgIpc) is 2.46. The molecule has 0 unspecified atom stereocenters. The maximum absolute atomic E-state index is 12.0. The molecule has 22 heavy (non-hydrogen) atoms. The minimum Gasteiger partial charge on any atom is -0.396 e. The zero-order chi connectivity index (χ0) is 16.2. The lowest BCUT2D eigenvalue weighted by Gasteiger charge is -2.23. The first-order valence-corrected chi connectivity index (χ1v) is 7.40. The van der Waals surface area contributed by atoms with Crippen LogP contribution in [-0.4, -0.2) is 29.1 Å². The molecule has 0 aliphatic rings. The summed E-state index contributed by atoms with van der Waals surface area (Å²) in [7, 11) is 0. The SMILES string of the molecule is CC(C)(CCO)CNC(=O)Cc1cc2ccccc2[nH]c1=O. The number of hydrogen-bond donors (Lipinski definition) is 3. The van der Waals surface area contributed by atoms with Gasteiger partial charge in [-0.15, -0.1) is 0 Å². The second kappa shape index (κ2) is 6.75. The second-order valence-corrected chi connectivity index (χ2v) is 6.30. The van der Waals surface area contributed by atoms with E-state index in [1.807, 2.05) is 38.1 Å². The molecule has 0 saturated heterocycles. The maximum atomic E-state index is 12.0. The van der Waals surface area contributed by atoms with E-state index in [9.17, 15) is 9.59 Å². The van der Waals surface area contributed by atoms with Gasteiger partial charge in [0.2, 0.25) is 5.91 Å². The number of fused-ring (bicyclic) bond motifs is 1. The molecule has 1 aromatic carbocycles. The molecule has 0 radical (unpaired) electrons. The van der Waals surface area contributed by atoms with E-state index in [0.717, 1.165) is 10.9 Å².